The van der Waals surface area contributed by atoms with Gasteiger partial charge < -0.3 is 9.22 Å². The highest BCUT2D eigenvalue weighted by Gasteiger charge is 2.42. The van der Waals surface area contributed by atoms with Crippen molar-refractivity contribution in [3.05, 3.63) is 11.1 Å². The van der Waals surface area contributed by atoms with E-state index in [-0.39, 0.29) is 17.1 Å². The minimum atomic E-state index is -1.95. The first-order valence-electron chi connectivity index (χ1n) is 9.98. The van der Waals surface area contributed by atoms with Gasteiger partial charge in [0.1, 0.15) is 12.6 Å². The average molecular weight is 367 g/mol. The number of hydrogen-bond acceptors (Lipinski definition) is 3. The summed E-state index contributed by atoms with van der Waals surface area (Å²) in [5.74, 6) is -0.383. The van der Waals surface area contributed by atoms with Crippen LogP contribution in [0.5, 0.6) is 0 Å². The van der Waals surface area contributed by atoms with Crippen LogP contribution in [0.1, 0.15) is 79.1 Å². The molecule has 2 unspecified atom stereocenters. The summed E-state index contributed by atoms with van der Waals surface area (Å²) in [6, 6.07) is 0. The first-order valence-corrected chi connectivity index (χ1v) is 12.9. The standard InChI is InChI=1S/C21H38O3Si/c1-7-8-9-10-11-12-17-13-14-20(19(16-23)18(17)15-22)24-25(5,6)21(2,3)4/h15-16,19-20H,7-14H2,1-6H3. The second-order valence-corrected chi connectivity index (χ2v) is 13.7. The van der Waals surface area contributed by atoms with Crippen molar-refractivity contribution in [2.75, 3.05) is 0 Å². The maximum absolute atomic E-state index is 11.8. The Morgan fingerprint density at radius 2 is 1.76 bits per heavy atom. The van der Waals surface area contributed by atoms with Gasteiger partial charge in [0.05, 0.1) is 12.0 Å². The van der Waals surface area contributed by atoms with Gasteiger partial charge in [-0.3, -0.25) is 4.79 Å². The Kier molecular flexibility index (Phi) is 8.76. The van der Waals surface area contributed by atoms with Crippen LogP contribution in [0.2, 0.25) is 18.1 Å². The molecule has 0 heterocycles. The molecular formula is C21H38O3Si. The molecule has 144 valence electrons. The lowest BCUT2D eigenvalue weighted by atomic mass is 9.80. The Labute approximate surface area is 155 Å². The fourth-order valence-electron chi connectivity index (χ4n) is 3.30. The largest absolute Gasteiger partial charge is 0.413 e. The number of rotatable bonds is 10. The van der Waals surface area contributed by atoms with E-state index in [4.69, 9.17) is 4.43 Å². The lowest BCUT2D eigenvalue weighted by Gasteiger charge is -2.42. The smallest absolute Gasteiger partial charge is 0.192 e. The van der Waals surface area contributed by atoms with E-state index < -0.39 is 8.32 Å². The SMILES string of the molecule is CCCCCCCC1=C(C=O)C(C=O)C(O[Si](C)(C)C(C)(C)C)CC1. The van der Waals surface area contributed by atoms with Gasteiger partial charge in [-0.15, -0.1) is 0 Å². The zero-order valence-corrected chi connectivity index (χ0v) is 18.2. The van der Waals surface area contributed by atoms with Crippen LogP contribution < -0.4 is 0 Å². The second kappa shape index (κ2) is 9.82. The molecule has 1 aliphatic carbocycles. The van der Waals surface area contributed by atoms with E-state index >= 15 is 0 Å². The summed E-state index contributed by atoms with van der Waals surface area (Å²) in [4.78, 5) is 23.5. The Morgan fingerprint density at radius 3 is 2.28 bits per heavy atom. The lowest BCUT2D eigenvalue weighted by molar-refractivity contribution is -0.115. The number of allylic oxidation sites excluding steroid dienone is 1. The van der Waals surface area contributed by atoms with Gasteiger partial charge in [0.15, 0.2) is 8.32 Å². The van der Waals surface area contributed by atoms with E-state index in [1.807, 2.05) is 0 Å². The highest BCUT2D eigenvalue weighted by atomic mass is 28.4. The van der Waals surface area contributed by atoms with Crippen LogP contribution in [0.15, 0.2) is 11.1 Å². The normalized spacial score (nSPS) is 22.2. The van der Waals surface area contributed by atoms with Crippen molar-refractivity contribution in [3.8, 4) is 0 Å². The van der Waals surface area contributed by atoms with Crippen molar-refractivity contribution in [3.63, 3.8) is 0 Å². The zero-order chi connectivity index (χ0) is 19.1. The van der Waals surface area contributed by atoms with E-state index in [0.29, 0.717) is 5.57 Å². The first-order chi connectivity index (χ1) is 11.7. The minimum Gasteiger partial charge on any atom is -0.413 e. The predicted molar refractivity (Wildman–Crippen MR) is 107 cm³/mol. The highest BCUT2D eigenvalue weighted by molar-refractivity contribution is 6.74. The Morgan fingerprint density at radius 1 is 1.12 bits per heavy atom. The van der Waals surface area contributed by atoms with E-state index in [1.54, 1.807) is 0 Å². The van der Waals surface area contributed by atoms with Gasteiger partial charge in [-0.1, -0.05) is 59.0 Å². The molecule has 0 spiro atoms. The molecule has 0 amide bonds. The van der Waals surface area contributed by atoms with Crippen LogP contribution in [0.25, 0.3) is 0 Å². The number of aldehydes is 2. The summed E-state index contributed by atoms with van der Waals surface area (Å²) in [6.45, 7) is 13.2. The van der Waals surface area contributed by atoms with Crippen LogP contribution in [0.4, 0.5) is 0 Å². The van der Waals surface area contributed by atoms with Crippen LogP contribution in [-0.2, 0) is 14.0 Å². The number of unbranched alkanes of at least 4 members (excludes halogenated alkanes) is 4. The van der Waals surface area contributed by atoms with Crippen molar-refractivity contribution in [1.82, 2.24) is 0 Å². The monoisotopic (exact) mass is 366 g/mol. The van der Waals surface area contributed by atoms with Gasteiger partial charge in [-0.2, -0.15) is 0 Å². The predicted octanol–water partition coefficient (Wildman–Crippen LogP) is 5.84. The maximum atomic E-state index is 11.8. The summed E-state index contributed by atoms with van der Waals surface area (Å²) >= 11 is 0. The zero-order valence-electron chi connectivity index (χ0n) is 17.2. The van der Waals surface area contributed by atoms with Gasteiger partial charge in [0.25, 0.3) is 0 Å². The van der Waals surface area contributed by atoms with Gasteiger partial charge in [0, 0.05) is 5.57 Å². The fraction of sp³-hybridized carbons (Fsp3) is 0.810. The molecule has 0 aromatic rings. The fourth-order valence-corrected chi connectivity index (χ4v) is 4.67. The number of hydrogen-bond donors (Lipinski definition) is 0. The van der Waals surface area contributed by atoms with Crippen molar-refractivity contribution >= 4 is 20.9 Å². The third-order valence-corrected chi connectivity index (χ3v) is 10.5. The lowest BCUT2D eigenvalue weighted by Crippen LogP contribution is -2.47. The highest BCUT2D eigenvalue weighted by Crippen LogP contribution is 2.41. The second-order valence-electron chi connectivity index (χ2n) is 8.96. The summed E-state index contributed by atoms with van der Waals surface area (Å²) in [5, 5.41) is 0.102. The van der Waals surface area contributed by atoms with Gasteiger partial charge in [-0.05, 0) is 43.8 Å². The summed E-state index contributed by atoms with van der Waals surface area (Å²) in [6.07, 6.45) is 10.5. The van der Waals surface area contributed by atoms with Crippen molar-refractivity contribution in [2.24, 2.45) is 5.92 Å². The average Bonchev–Trinajstić information content (AvgIpc) is 2.53. The van der Waals surface area contributed by atoms with Crippen molar-refractivity contribution in [2.45, 2.75) is 103 Å². The molecule has 0 aliphatic heterocycles. The molecule has 1 aliphatic rings. The quantitative estimate of drug-likeness (QED) is 0.277. The van der Waals surface area contributed by atoms with E-state index in [0.717, 1.165) is 38.3 Å². The molecule has 0 saturated carbocycles. The molecule has 4 heteroatoms. The third-order valence-electron chi connectivity index (χ3n) is 6.01. The maximum Gasteiger partial charge on any atom is 0.192 e. The number of carbonyl (C=O) groups excluding carboxylic acids is 2. The topological polar surface area (TPSA) is 43.4 Å². The molecule has 0 N–H and O–H groups in total. The van der Waals surface area contributed by atoms with Gasteiger partial charge >= 0.3 is 0 Å². The number of carbonyl (C=O) groups is 2. The minimum absolute atomic E-state index is 0.102. The van der Waals surface area contributed by atoms with Crippen LogP contribution in [-0.4, -0.2) is 27.0 Å². The summed E-state index contributed by atoms with van der Waals surface area (Å²) < 4.78 is 6.50. The molecule has 0 bridgehead atoms. The molecule has 25 heavy (non-hydrogen) atoms. The van der Waals surface area contributed by atoms with Crippen LogP contribution in [0.3, 0.4) is 0 Å². The van der Waals surface area contributed by atoms with Crippen molar-refractivity contribution < 1.29 is 14.0 Å². The molecular weight excluding hydrogens is 328 g/mol. The Balaban J connectivity index is 2.83. The molecule has 0 fully saturated rings. The molecule has 1 rings (SSSR count). The molecule has 0 radical (unpaired) electrons. The molecule has 2 atom stereocenters. The van der Waals surface area contributed by atoms with Gasteiger partial charge in [-0.25, -0.2) is 0 Å². The molecule has 0 aromatic carbocycles. The third kappa shape index (κ3) is 6.17. The van der Waals surface area contributed by atoms with Crippen molar-refractivity contribution in [1.29, 1.82) is 0 Å². The molecule has 0 saturated heterocycles. The van der Waals surface area contributed by atoms with Crippen LogP contribution in [0, 0.1) is 5.92 Å². The van der Waals surface area contributed by atoms with E-state index in [1.165, 1.54) is 31.3 Å². The summed E-state index contributed by atoms with van der Waals surface area (Å²) in [5.41, 5.74) is 1.90. The first kappa shape index (κ1) is 22.3. The van der Waals surface area contributed by atoms with Gasteiger partial charge in [0.2, 0.25) is 0 Å². The Bertz CT molecular complexity index is 474. The molecule has 3 nitrogen and oxygen atoms in total. The summed E-state index contributed by atoms with van der Waals surface area (Å²) in [7, 11) is -1.95. The van der Waals surface area contributed by atoms with E-state index in [2.05, 4.69) is 40.8 Å². The van der Waals surface area contributed by atoms with E-state index in [9.17, 15) is 9.59 Å². The molecule has 0 aromatic heterocycles. The Hall–Kier alpha value is -0.743. The van der Waals surface area contributed by atoms with Crippen LogP contribution >= 0.6 is 0 Å².